The number of ether oxygens (including phenoxy) is 1. The summed E-state index contributed by atoms with van der Waals surface area (Å²) >= 11 is 5.95. The van der Waals surface area contributed by atoms with Crippen LogP contribution in [0, 0.1) is 0 Å². The van der Waals surface area contributed by atoms with Crippen molar-refractivity contribution in [2.24, 2.45) is 0 Å². The molecule has 1 aromatic rings. The van der Waals surface area contributed by atoms with Crippen molar-refractivity contribution in [3.8, 4) is 0 Å². The number of halogens is 1. The monoisotopic (exact) mass is 256 g/mol. The molecule has 0 saturated heterocycles. The summed E-state index contributed by atoms with van der Waals surface area (Å²) in [5, 5.41) is 3.22. The molecule has 0 atom stereocenters. The molecule has 0 aliphatic heterocycles. The second-order valence-electron chi connectivity index (χ2n) is 4.51. The quantitative estimate of drug-likeness (QED) is 0.811. The maximum absolute atomic E-state index is 12.0. The van der Waals surface area contributed by atoms with Gasteiger partial charge in [-0.15, -0.1) is 0 Å². The zero-order chi connectivity index (χ0) is 13.1. The van der Waals surface area contributed by atoms with Gasteiger partial charge in [0.05, 0.1) is 22.7 Å². The number of rotatable bonds is 4. The summed E-state index contributed by atoms with van der Waals surface area (Å²) in [5.41, 5.74) is 6.04. The summed E-state index contributed by atoms with van der Waals surface area (Å²) in [7, 11) is 1.58. The first kappa shape index (κ1) is 13.8. The lowest BCUT2D eigenvalue weighted by Crippen LogP contribution is -2.46. The van der Waals surface area contributed by atoms with Gasteiger partial charge in [0, 0.05) is 12.8 Å². The van der Waals surface area contributed by atoms with Gasteiger partial charge < -0.3 is 15.8 Å². The van der Waals surface area contributed by atoms with Crippen LogP contribution in [0.3, 0.4) is 0 Å². The van der Waals surface area contributed by atoms with Crippen molar-refractivity contribution in [2.75, 3.05) is 19.5 Å². The van der Waals surface area contributed by atoms with E-state index in [-0.39, 0.29) is 5.91 Å². The average Bonchev–Trinajstić information content (AvgIpc) is 2.20. The third-order valence-corrected chi connectivity index (χ3v) is 2.52. The first-order valence-corrected chi connectivity index (χ1v) is 5.60. The lowest BCUT2D eigenvalue weighted by Gasteiger charge is -2.25. The molecule has 0 bridgehead atoms. The molecule has 1 rings (SSSR count). The minimum Gasteiger partial charge on any atom is -0.399 e. The Labute approximate surface area is 106 Å². The Morgan fingerprint density at radius 2 is 2.18 bits per heavy atom. The van der Waals surface area contributed by atoms with Crippen molar-refractivity contribution < 1.29 is 9.53 Å². The Hall–Kier alpha value is -1.26. The zero-order valence-corrected chi connectivity index (χ0v) is 11.0. The molecule has 4 nitrogen and oxygen atoms in total. The highest BCUT2D eigenvalue weighted by atomic mass is 35.5. The van der Waals surface area contributed by atoms with Crippen LogP contribution in [0.1, 0.15) is 24.2 Å². The third-order valence-electron chi connectivity index (χ3n) is 2.19. The number of nitrogens with one attached hydrogen (secondary N) is 1. The maximum Gasteiger partial charge on any atom is 0.253 e. The first-order chi connectivity index (χ1) is 7.85. The third kappa shape index (κ3) is 3.91. The number of amides is 1. The molecule has 0 heterocycles. The molecule has 17 heavy (non-hydrogen) atoms. The van der Waals surface area contributed by atoms with Crippen LogP contribution in [0.15, 0.2) is 18.2 Å². The van der Waals surface area contributed by atoms with Crippen molar-refractivity contribution in [3.05, 3.63) is 28.8 Å². The van der Waals surface area contributed by atoms with Crippen LogP contribution in [0.25, 0.3) is 0 Å². The fourth-order valence-corrected chi connectivity index (χ4v) is 1.69. The summed E-state index contributed by atoms with van der Waals surface area (Å²) in [6, 6.07) is 4.81. The fraction of sp³-hybridized carbons (Fsp3) is 0.417. The number of carbonyl (C=O) groups excluding carboxylic acids is 1. The summed E-state index contributed by atoms with van der Waals surface area (Å²) in [4.78, 5) is 12.0. The van der Waals surface area contributed by atoms with Crippen molar-refractivity contribution >= 4 is 23.2 Å². The minimum absolute atomic E-state index is 0.260. The molecule has 0 radical (unpaired) electrons. The molecule has 0 aliphatic carbocycles. The predicted octanol–water partition coefficient (Wildman–Crippen LogP) is 2.08. The van der Waals surface area contributed by atoms with E-state index in [2.05, 4.69) is 5.32 Å². The number of nitrogen functional groups attached to an aromatic ring is 1. The van der Waals surface area contributed by atoms with Crippen LogP contribution >= 0.6 is 11.6 Å². The van der Waals surface area contributed by atoms with Gasteiger partial charge in [-0.2, -0.15) is 0 Å². The highest BCUT2D eigenvalue weighted by molar-refractivity contribution is 6.34. The lowest BCUT2D eigenvalue weighted by atomic mass is 10.1. The molecular weight excluding hydrogens is 240 g/mol. The number of nitrogens with two attached hydrogens (primary N) is 1. The second-order valence-corrected chi connectivity index (χ2v) is 4.92. The van der Waals surface area contributed by atoms with E-state index in [0.29, 0.717) is 22.9 Å². The van der Waals surface area contributed by atoms with E-state index in [9.17, 15) is 4.79 Å². The van der Waals surface area contributed by atoms with Gasteiger partial charge >= 0.3 is 0 Å². The number of anilines is 1. The zero-order valence-electron chi connectivity index (χ0n) is 10.2. The number of hydrogen-bond donors (Lipinski definition) is 2. The molecule has 0 saturated carbocycles. The topological polar surface area (TPSA) is 64.3 Å². The average molecular weight is 257 g/mol. The maximum atomic E-state index is 12.0. The molecule has 0 spiro atoms. The van der Waals surface area contributed by atoms with Gasteiger partial charge in [0.2, 0.25) is 0 Å². The molecule has 1 aromatic carbocycles. The number of methoxy groups -OCH3 is 1. The highest BCUT2D eigenvalue weighted by Crippen LogP contribution is 2.19. The Bertz CT molecular complexity index is 419. The van der Waals surface area contributed by atoms with Gasteiger partial charge in [0.15, 0.2) is 0 Å². The van der Waals surface area contributed by atoms with Crippen LogP contribution in [0.4, 0.5) is 5.69 Å². The molecule has 0 fully saturated rings. The Kier molecular flexibility index (Phi) is 4.37. The Balaban J connectivity index is 2.86. The van der Waals surface area contributed by atoms with Gasteiger partial charge in [0.25, 0.3) is 5.91 Å². The predicted molar refractivity (Wildman–Crippen MR) is 69.3 cm³/mol. The molecule has 3 N–H and O–H groups in total. The molecule has 1 amide bonds. The summed E-state index contributed by atoms with van der Waals surface area (Å²) < 4.78 is 5.02. The largest absolute Gasteiger partial charge is 0.399 e. The van der Waals surface area contributed by atoms with Crippen LogP contribution in [-0.2, 0) is 4.74 Å². The van der Waals surface area contributed by atoms with E-state index < -0.39 is 5.54 Å². The number of carbonyl (C=O) groups is 1. The van der Waals surface area contributed by atoms with Gasteiger partial charge in [0.1, 0.15) is 0 Å². The van der Waals surface area contributed by atoms with E-state index in [1.54, 1.807) is 25.3 Å². The Morgan fingerprint density at radius 3 is 2.76 bits per heavy atom. The van der Waals surface area contributed by atoms with Gasteiger partial charge in [-0.05, 0) is 32.0 Å². The smallest absolute Gasteiger partial charge is 0.253 e. The Morgan fingerprint density at radius 1 is 1.53 bits per heavy atom. The number of benzene rings is 1. The van der Waals surface area contributed by atoms with Crippen molar-refractivity contribution in [1.29, 1.82) is 0 Å². The molecule has 0 aliphatic rings. The fourth-order valence-electron chi connectivity index (χ4n) is 1.49. The summed E-state index contributed by atoms with van der Waals surface area (Å²) in [5.74, 6) is -0.260. The van der Waals surface area contributed by atoms with E-state index in [4.69, 9.17) is 22.1 Å². The molecule has 0 aromatic heterocycles. The molecule has 94 valence electrons. The van der Waals surface area contributed by atoms with E-state index >= 15 is 0 Å². The van der Waals surface area contributed by atoms with Crippen LogP contribution < -0.4 is 11.1 Å². The van der Waals surface area contributed by atoms with Crippen LogP contribution in [-0.4, -0.2) is 25.2 Å². The van der Waals surface area contributed by atoms with Crippen molar-refractivity contribution in [1.82, 2.24) is 5.32 Å². The van der Waals surface area contributed by atoms with Crippen LogP contribution in [0.2, 0.25) is 5.02 Å². The van der Waals surface area contributed by atoms with Crippen LogP contribution in [0.5, 0.6) is 0 Å². The normalized spacial score (nSPS) is 11.3. The summed E-state index contributed by atoms with van der Waals surface area (Å²) in [6.45, 7) is 4.15. The SMILES string of the molecule is COCC(C)(C)NC(=O)c1cc(N)ccc1Cl. The minimum atomic E-state index is -0.459. The highest BCUT2D eigenvalue weighted by Gasteiger charge is 2.22. The van der Waals surface area contributed by atoms with Crippen molar-refractivity contribution in [3.63, 3.8) is 0 Å². The van der Waals surface area contributed by atoms with E-state index in [1.807, 2.05) is 13.8 Å². The molecule has 5 heteroatoms. The van der Waals surface area contributed by atoms with Crippen molar-refractivity contribution in [2.45, 2.75) is 19.4 Å². The lowest BCUT2D eigenvalue weighted by molar-refractivity contribution is 0.0820. The van der Waals surface area contributed by atoms with E-state index in [1.165, 1.54) is 0 Å². The van der Waals surface area contributed by atoms with Gasteiger partial charge in [-0.25, -0.2) is 0 Å². The second kappa shape index (κ2) is 5.38. The number of hydrogen-bond acceptors (Lipinski definition) is 3. The van der Waals surface area contributed by atoms with E-state index in [0.717, 1.165) is 0 Å². The first-order valence-electron chi connectivity index (χ1n) is 5.22. The molecular formula is C12H17ClN2O2. The summed E-state index contributed by atoms with van der Waals surface area (Å²) in [6.07, 6.45) is 0. The van der Waals surface area contributed by atoms with Gasteiger partial charge in [-0.1, -0.05) is 11.6 Å². The van der Waals surface area contributed by atoms with Gasteiger partial charge in [-0.3, -0.25) is 4.79 Å². The standard InChI is InChI=1S/C12H17ClN2O2/c1-12(2,7-17-3)15-11(16)9-6-8(14)4-5-10(9)13/h4-6H,7,14H2,1-3H3,(H,15,16). The molecule has 0 unspecified atom stereocenters.